The molecule has 40 heavy (non-hydrogen) atoms. The first-order chi connectivity index (χ1) is 19.0. The molecule has 0 aliphatic heterocycles. The number of nitrogens with zero attached hydrogens (tertiary/aromatic N) is 2. The first-order valence-corrected chi connectivity index (χ1v) is 15.7. The van der Waals surface area contributed by atoms with Gasteiger partial charge in [-0.25, -0.2) is 8.42 Å². The van der Waals surface area contributed by atoms with E-state index >= 15 is 0 Å². The lowest BCUT2D eigenvalue weighted by Crippen LogP contribution is -2.53. The van der Waals surface area contributed by atoms with Gasteiger partial charge in [-0.3, -0.25) is 13.9 Å². The summed E-state index contributed by atoms with van der Waals surface area (Å²) in [5.74, 6) is -0.722. The largest absolute Gasteiger partial charge is 0.352 e. The number of sulfonamides is 1. The van der Waals surface area contributed by atoms with Crippen LogP contribution in [0.4, 0.5) is 5.69 Å². The summed E-state index contributed by atoms with van der Waals surface area (Å²) in [7, 11) is -4.10. The fraction of sp³-hybridized carbons (Fsp3) is 0.355. The van der Waals surface area contributed by atoms with Crippen LogP contribution in [-0.4, -0.2) is 43.8 Å². The van der Waals surface area contributed by atoms with Crippen LogP contribution in [-0.2, 0) is 26.2 Å². The van der Waals surface area contributed by atoms with Crippen LogP contribution in [0.15, 0.2) is 82.2 Å². The molecule has 0 aliphatic rings. The van der Waals surface area contributed by atoms with Crippen LogP contribution < -0.4 is 9.62 Å². The van der Waals surface area contributed by atoms with E-state index in [4.69, 9.17) is 0 Å². The van der Waals surface area contributed by atoms with Crippen LogP contribution in [0.3, 0.4) is 0 Å². The molecule has 2 amide bonds. The molecule has 0 unspecified atom stereocenters. The molecule has 0 saturated heterocycles. The van der Waals surface area contributed by atoms with Crippen LogP contribution in [0.5, 0.6) is 0 Å². The summed E-state index contributed by atoms with van der Waals surface area (Å²) < 4.78 is 29.7. The normalized spacial score (nSPS) is 12.8. The fourth-order valence-electron chi connectivity index (χ4n) is 4.34. The van der Waals surface area contributed by atoms with Crippen molar-refractivity contribution in [2.75, 3.05) is 10.8 Å². The Labute approximate surface area is 246 Å². The molecular formula is C31H38BrN3O4S. The molecule has 0 saturated carbocycles. The zero-order valence-electron chi connectivity index (χ0n) is 23.7. The Balaban J connectivity index is 2.05. The zero-order chi connectivity index (χ0) is 29.4. The summed E-state index contributed by atoms with van der Waals surface area (Å²) in [4.78, 5) is 29.0. The maximum Gasteiger partial charge on any atom is 0.264 e. The van der Waals surface area contributed by atoms with Crippen molar-refractivity contribution in [1.29, 1.82) is 0 Å². The van der Waals surface area contributed by atoms with E-state index in [-0.39, 0.29) is 23.4 Å². The van der Waals surface area contributed by atoms with E-state index in [0.29, 0.717) is 12.1 Å². The molecule has 9 heteroatoms. The minimum atomic E-state index is -4.10. The van der Waals surface area contributed by atoms with Crippen molar-refractivity contribution in [3.63, 3.8) is 0 Å². The van der Waals surface area contributed by atoms with Crippen molar-refractivity contribution in [2.24, 2.45) is 0 Å². The second kappa shape index (κ2) is 13.9. The predicted octanol–water partition coefficient (Wildman–Crippen LogP) is 5.98. The van der Waals surface area contributed by atoms with Gasteiger partial charge in [0.05, 0.1) is 10.6 Å². The second-order valence-corrected chi connectivity index (χ2v) is 12.8. The molecule has 3 aromatic carbocycles. The standard InChI is InChI=1S/C31H38BrN3O4S/c1-6-24(5)33-31(37)29(7-2)34(20-25-10-8-9-23(4)19-25)30(36)21-35(27-15-13-26(32)14-16-27)40(38,39)28-17-11-22(3)12-18-28/h8-19,24,29H,6-7,20-21H2,1-5H3,(H,33,37)/t24-,29+/m1/s1. The van der Waals surface area contributed by atoms with Crippen LogP contribution in [0, 0.1) is 13.8 Å². The molecule has 0 aromatic heterocycles. The third-order valence-electron chi connectivity index (χ3n) is 6.82. The van der Waals surface area contributed by atoms with Gasteiger partial charge in [-0.2, -0.15) is 0 Å². The van der Waals surface area contributed by atoms with E-state index in [1.165, 1.54) is 4.90 Å². The molecule has 3 aromatic rings. The number of halogens is 1. The molecule has 0 fully saturated rings. The van der Waals surface area contributed by atoms with Crippen molar-refractivity contribution in [2.45, 2.75) is 71.0 Å². The van der Waals surface area contributed by atoms with E-state index in [9.17, 15) is 18.0 Å². The van der Waals surface area contributed by atoms with Gasteiger partial charge in [-0.15, -0.1) is 0 Å². The number of amides is 2. The summed E-state index contributed by atoms with van der Waals surface area (Å²) in [6, 6.07) is 20.2. The van der Waals surface area contributed by atoms with Crippen LogP contribution in [0.2, 0.25) is 0 Å². The van der Waals surface area contributed by atoms with Crippen LogP contribution >= 0.6 is 15.9 Å². The molecule has 3 rings (SSSR count). The molecule has 7 nitrogen and oxygen atoms in total. The van der Waals surface area contributed by atoms with Gasteiger partial charge in [0.15, 0.2) is 0 Å². The maximum absolute atomic E-state index is 14.1. The van der Waals surface area contributed by atoms with Crippen molar-refractivity contribution in [3.8, 4) is 0 Å². The van der Waals surface area contributed by atoms with E-state index in [1.54, 1.807) is 48.5 Å². The molecule has 0 bridgehead atoms. The molecule has 0 aliphatic carbocycles. The molecule has 0 heterocycles. The highest BCUT2D eigenvalue weighted by Gasteiger charge is 2.34. The van der Waals surface area contributed by atoms with E-state index in [2.05, 4.69) is 21.2 Å². The van der Waals surface area contributed by atoms with Crippen molar-refractivity contribution < 1.29 is 18.0 Å². The lowest BCUT2D eigenvalue weighted by Gasteiger charge is -2.33. The molecule has 0 spiro atoms. The van der Waals surface area contributed by atoms with E-state index < -0.39 is 28.5 Å². The second-order valence-electron chi connectivity index (χ2n) is 10.1. The molecule has 0 radical (unpaired) electrons. The molecule has 1 N–H and O–H groups in total. The van der Waals surface area contributed by atoms with Gasteiger partial charge in [0, 0.05) is 17.1 Å². The van der Waals surface area contributed by atoms with E-state index in [0.717, 1.165) is 31.9 Å². The van der Waals surface area contributed by atoms with Gasteiger partial charge in [0.2, 0.25) is 11.8 Å². The number of anilines is 1. The SMILES string of the molecule is CC[C@@H](C)NC(=O)[C@H](CC)N(Cc1cccc(C)c1)C(=O)CN(c1ccc(Br)cc1)S(=O)(=O)c1ccc(C)cc1. The third-order valence-corrected chi connectivity index (χ3v) is 9.14. The maximum atomic E-state index is 14.1. The monoisotopic (exact) mass is 627 g/mol. The summed E-state index contributed by atoms with van der Waals surface area (Å²) in [5, 5.41) is 3.00. The zero-order valence-corrected chi connectivity index (χ0v) is 26.1. The number of rotatable bonds is 12. The number of hydrogen-bond donors (Lipinski definition) is 1. The molecule has 214 valence electrons. The number of nitrogens with one attached hydrogen (secondary N) is 1. The van der Waals surface area contributed by atoms with Crippen molar-refractivity contribution in [3.05, 3.63) is 94.0 Å². The predicted molar refractivity (Wildman–Crippen MR) is 164 cm³/mol. The number of carbonyl (C=O) groups excluding carboxylic acids is 2. The smallest absolute Gasteiger partial charge is 0.264 e. The van der Waals surface area contributed by atoms with Crippen LogP contribution in [0.1, 0.15) is 50.3 Å². The molecular weight excluding hydrogens is 590 g/mol. The highest BCUT2D eigenvalue weighted by atomic mass is 79.9. The Morgan fingerprint density at radius 1 is 0.900 bits per heavy atom. The first kappa shape index (κ1) is 31.4. The third kappa shape index (κ3) is 7.95. The number of benzene rings is 3. The Hall–Kier alpha value is -3.17. The van der Waals surface area contributed by atoms with Gasteiger partial charge in [0.25, 0.3) is 10.0 Å². The van der Waals surface area contributed by atoms with Gasteiger partial charge in [-0.1, -0.05) is 77.3 Å². The average Bonchev–Trinajstić information content (AvgIpc) is 2.92. The Kier molecular flexibility index (Phi) is 10.9. The van der Waals surface area contributed by atoms with Crippen LogP contribution in [0.25, 0.3) is 0 Å². The number of aryl methyl sites for hydroxylation is 2. The number of hydrogen-bond acceptors (Lipinski definition) is 4. The lowest BCUT2D eigenvalue weighted by molar-refractivity contribution is -0.140. The van der Waals surface area contributed by atoms with Crippen molar-refractivity contribution in [1.82, 2.24) is 10.2 Å². The van der Waals surface area contributed by atoms with Gasteiger partial charge in [-0.05, 0) is 75.6 Å². The van der Waals surface area contributed by atoms with E-state index in [1.807, 2.05) is 58.9 Å². The summed E-state index contributed by atoms with van der Waals surface area (Å²) in [6.45, 7) is 9.31. The Morgan fingerprint density at radius 2 is 1.55 bits per heavy atom. The quantitative estimate of drug-likeness (QED) is 0.267. The average molecular weight is 629 g/mol. The molecule has 2 atom stereocenters. The summed E-state index contributed by atoms with van der Waals surface area (Å²) in [6.07, 6.45) is 1.13. The minimum Gasteiger partial charge on any atom is -0.352 e. The topological polar surface area (TPSA) is 86.8 Å². The fourth-order valence-corrected chi connectivity index (χ4v) is 6.02. The summed E-state index contributed by atoms with van der Waals surface area (Å²) >= 11 is 3.40. The Morgan fingerprint density at radius 3 is 2.12 bits per heavy atom. The van der Waals surface area contributed by atoms with Crippen molar-refractivity contribution >= 4 is 43.5 Å². The van der Waals surface area contributed by atoms with Gasteiger partial charge >= 0.3 is 0 Å². The Bertz CT molecular complexity index is 1410. The van der Waals surface area contributed by atoms with Gasteiger partial charge < -0.3 is 10.2 Å². The van der Waals surface area contributed by atoms with Gasteiger partial charge in [0.1, 0.15) is 12.6 Å². The summed E-state index contributed by atoms with van der Waals surface area (Å²) in [5.41, 5.74) is 3.16. The number of carbonyl (C=O) groups is 2. The highest BCUT2D eigenvalue weighted by molar-refractivity contribution is 9.10. The minimum absolute atomic E-state index is 0.0568. The highest BCUT2D eigenvalue weighted by Crippen LogP contribution is 2.26. The lowest BCUT2D eigenvalue weighted by atomic mass is 10.1. The first-order valence-electron chi connectivity index (χ1n) is 13.5.